The van der Waals surface area contributed by atoms with Crippen LogP contribution in [-0.2, 0) is 18.5 Å². The van der Waals surface area contributed by atoms with Crippen LogP contribution >= 0.6 is 0 Å². The molecule has 2 atom stereocenters. The number of hydrogen-bond donors (Lipinski definition) is 1. The van der Waals surface area contributed by atoms with Crippen LogP contribution in [0.2, 0.25) is 0 Å². The van der Waals surface area contributed by atoms with Crippen molar-refractivity contribution in [1.29, 1.82) is 0 Å². The molecule has 1 N–H and O–H groups in total. The molecule has 4 rings (SSSR count). The van der Waals surface area contributed by atoms with Crippen LogP contribution in [0.5, 0.6) is 0 Å². The number of aromatic nitrogens is 4. The monoisotopic (exact) mass is 408 g/mol. The average molecular weight is 409 g/mol. The van der Waals surface area contributed by atoms with Crippen LogP contribution in [0.15, 0.2) is 9.59 Å². The van der Waals surface area contributed by atoms with Gasteiger partial charge in [-0.25, -0.2) is 9.78 Å². The Labute approximate surface area is 197 Å². The van der Waals surface area contributed by atoms with Crippen LogP contribution in [-0.4, -0.2) is 19.1 Å². The van der Waals surface area contributed by atoms with E-state index in [9.17, 15) is 12.3 Å². The third kappa shape index (κ3) is 3.15. The Morgan fingerprint density at radius 3 is 2.71 bits per heavy atom. The van der Waals surface area contributed by atoms with Crippen LogP contribution < -0.4 is 11.2 Å². The van der Waals surface area contributed by atoms with E-state index >= 15 is 0 Å². The fraction of sp³-hybridized carbons (Fsp3) is 0.773. The summed E-state index contributed by atoms with van der Waals surface area (Å²) in [7, 11) is 0. The first kappa shape index (κ1) is 6.32. The molecule has 0 saturated heterocycles. The number of nitrogens with one attached hydrogen (secondary N) is 1. The van der Waals surface area contributed by atoms with Gasteiger partial charge in [-0.1, -0.05) is 27.6 Å². The van der Waals surface area contributed by atoms with Crippen LogP contribution in [0, 0.1) is 17.7 Å². The Balaban J connectivity index is 2.26. The first-order valence-electron chi connectivity index (χ1n) is 19.7. The molecular weight excluding hydrogens is 352 g/mol. The molecule has 2 saturated carbocycles. The van der Waals surface area contributed by atoms with Crippen molar-refractivity contribution < 1.29 is 30.2 Å². The minimum Gasteiger partial charge on any atom is -0.336 e. The van der Waals surface area contributed by atoms with Crippen molar-refractivity contribution in [2.75, 3.05) is 0 Å². The van der Waals surface area contributed by atoms with E-state index in [1.54, 1.807) is 0 Å². The molecule has 0 radical (unpaired) electrons. The Kier molecular flexibility index (Phi) is 1.62. The maximum absolute atomic E-state index is 13.8. The second-order valence-electron chi connectivity index (χ2n) is 6.51. The van der Waals surface area contributed by atoms with Crippen molar-refractivity contribution in [1.82, 2.24) is 19.1 Å². The molecule has 0 amide bonds. The number of aromatic amines is 1. The summed E-state index contributed by atoms with van der Waals surface area (Å²) in [5.41, 5.74) is -8.62. The fourth-order valence-electron chi connectivity index (χ4n) is 3.20. The molecule has 6 nitrogen and oxygen atoms in total. The first-order valence-corrected chi connectivity index (χ1v) is 8.54. The molecule has 0 aromatic carbocycles. The highest BCUT2D eigenvalue weighted by Gasteiger charge is 2.43. The van der Waals surface area contributed by atoms with Gasteiger partial charge in [0.2, 0.25) is 0 Å². The van der Waals surface area contributed by atoms with Gasteiger partial charge in [-0.15, -0.1) is 0 Å². The number of fused-ring (bicyclic) bond motifs is 3. The normalized spacial score (nSPS) is 60.1. The molecule has 2 bridgehead atoms. The number of rotatable bonds is 5. The molecular formula is C22H34N4O2. The van der Waals surface area contributed by atoms with E-state index in [4.69, 9.17) is 27.4 Å². The summed E-state index contributed by atoms with van der Waals surface area (Å²) in [5, 5.41) is 0. The molecule has 2 unspecified atom stereocenters. The van der Waals surface area contributed by atoms with Crippen LogP contribution in [0.1, 0.15) is 108 Å². The molecule has 6 heteroatoms. The third-order valence-corrected chi connectivity index (χ3v) is 4.39. The lowest BCUT2D eigenvalue weighted by molar-refractivity contribution is 0.0863. The van der Waals surface area contributed by atoms with Gasteiger partial charge in [0.15, 0.2) is 5.65 Å². The Morgan fingerprint density at radius 2 is 2.07 bits per heavy atom. The molecule has 154 valence electrons. The molecule has 0 spiro atoms. The van der Waals surface area contributed by atoms with Crippen LogP contribution in [0.25, 0.3) is 11.2 Å². The van der Waals surface area contributed by atoms with E-state index < -0.39 is 116 Å². The number of aryl methyl sites for hydroxylation is 1. The van der Waals surface area contributed by atoms with Gasteiger partial charge in [0.1, 0.15) is 11.3 Å². The Bertz CT molecular complexity index is 1790. The van der Waals surface area contributed by atoms with Crippen molar-refractivity contribution in [3.8, 4) is 0 Å². The Hall–Kier alpha value is -1.85. The molecule has 2 fully saturated rings. The molecule has 0 aliphatic heterocycles. The van der Waals surface area contributed by atoms with Gasteiger partial charge < -0.3 is 4.98 Å². The van der Waals surface area contributed by atoms with E-state index in [0.717, 1.165) is 0 Å². The van der Waals surface area contributed by atoms with Gasteiger partial charge in [-0.05, 0) is 62.3 Å². The van der Waals surface area contributed by atoms with Gasteiger partial charge in [0.05, 0.1) is 2.74 Å². The van der Waals surface area contributed by atoms with Crippen molar-refractivity contribution in [3.05, 3.63) is 26.7 Å². The summed E-state index contributed by atoms with van der Waals surface area (Å²) in [4.78, 5) is 33.7. The zero-order valence-corrected chi connectivity index (χ0v) is 15.1. The number of H-pyrrole nitrogens is 1. The predicted molar refractivity (Wildman–Crippen MR) is 112 cm³/mol. The standard InChI is InChI=1S/C22H34N4O2/c1-5-7-25-18-17(19(27)26(8-6-2)21(25)28)23-20(24-18)22(4)12-15-9-14(3)10-16(11-15)13-22/h14-16H,5-13H2,1-4H3,(H,23,24)/i2D3,3D2,6D2,8D2,9D2,10D2,11D2,12D2,13D2,14D,15D,16D. The highest BCUT2D eigenvalue weighted by molar-refractivity contribution is 5.70. The summed E-state index contributed by atoms with van der Waals surface area (Å²) in [5.74, 6) is -13.5. The van der Waals surface area contributed by atoms with Gasteiger partial charge >= 0.3 is 5.69 Å². The molecule has 2 aliphatic rings. The van der Waals surface area contributed by atoms with Gasteiger partial charge in [0.25, 0.3) is 5.56 Å². The predicted octanol–water partition coefficient (Wildman–Crippen LogP) is 3.81. The topological polar surface area (TPSA) is 72.7 Å². The zero-order valence-electron chi connectivity index (χ0n) is 37.1. The van der Waals surface area contributed by atoms with Gasteiger partial charge in [0, 0.05) is 45.9 Å². The highest BCUT2D eigenvalue weighted by atomic mass is 16.2. The molecule has 2 aliphatic carbocycles. The lowest BCUT2D eigenvalue weighted by Gasteiger charge is -2.46. The quantitative estimate of drug-likeness (QED) is 0.817. The first-order chi connectivity index (χ1) is 21.9. The number of hydrogen-bond acceptors (Lipinski definition) is 3. The highest BCUT2D eigenvalue weighted by Crippen LogP contribution is 2.50. The SMILES string of the molecule is [2H]C([2H])C1([2H])C([2H])([2H])C2([2H])C([2H])([2H])C(C)(c3nc4c([nH]3)c(=O)n(C([2H])([2H])C([2H])([2H])C([2H])([2H])[2H])c(=O)n4CCC)C([2H])([2H])C([2H])(C1([2H])[2H])C2([2H])[2H]. The maximum Gasteiger partial charge on any atom is 0.332 e. The summed E-state index contributed by atoms with van der Waals surface area (Å²) in [6, 6.07) is 0. The molecule has 2 heterocycles. The van der Waals surface area contributed by atoms with E-state index in [0.29, 0.717) is 11.5 Å². The minimum atomic E-state index is -4.21. The third-order valence-electron chi connectivity index (χ3n) is 4.39. The lowest BCUT2D eigenvalue weighted by Crippen LogP contribution is -2.40. The van der Waals surface area contributed by atoms with Gasteiger partial charge in [-0.2, -0.15) is 0 Å². The van der Waals surface area contributed by atoms with E-state index in [-0.39, 0.29) is 11.0 Å². The van der Waals surface area contributed by atoms with E-state index in [1.807, 2.05) is 0 Å². The minimum absolute atomic E-state index is 0.0166. The number of nitrogens with zero attached hydrogens (tertiary/aromatic N) is 3. The lowest BCUT2D eigenvalue weighted by atomic mass is 9.59. The smallest absolute Gasteiger partial charge is 0.332 e. The van der Waals surface area contributed by atoms with Crippen molar-refractivity contribution in [3.63, 3.8) is 0 Å². The summed E-state index contributed by atoms with van der Waals surface area (Å²) in [6.45, 7) is -9.04. The van der Waals surface area contributed by atoms with Crippen LogP contribution in [0.3, 0.4) is 0 Å². The fourth-order valence-corrected chi connectivity index (χ4v) is 3.20. The van der Waals surface area contributed by atoms with E-state index in [1.165, 1.54) is 6.92 Å². The van der Waals surface area contributed by atoms with Crippen molar-refractivity contribution >= 4 is 11.2 Å². The van der Waals surface area contributed by atoms with E-state index in [2.05, 4.69) is 9.97 Å². The molecule has 28 heavy (non-hydrogen) atoms. The largest absolute Gasteiger partial charge is 0.336 e. The summed E-state index contributed by atoms with van der Waals surface area (Å²) >= 11 is 0. The maximum atomic E-state index is 13.8. The van der Waals surface area contributed by atoms with Crippen molar-refractivity contribution in [2.45, 2.75) is 90.7 Å². The molecule has 2 aromatic rings. The second kappa shape index (κ2) is 7.20. The van der Waals surface area contributed by atoms with Crippen LogP contribution in [0.4, 0.5) is 0 Å². The average Bonchev–Trinajstić information content (AvgIpc) is 3.40. The Morgan fingerprint density at radius 1 is 1.32 bits per heavy atom. The van der Waals surface area contributed by atoms with Gasteiger partial charge in [-0.3, -0.25) is 13.9 Å². The summed E-state index contributed by atoms with van der Waals surface area (Å²) < 4.78 is 187. The zero-order chi connectivity index (χ0) is 39.4. The van der Waals surface area contributed by atoms with Crippen molar-refractivity contribution in [2.24, 2.45) is 17.7 Å². The second-order valence-corrected chi connectivity index (χ2v) is 6.51. The summed E-state index contributed by atoms with van der Waals surface area (Å²) in [6.07, 6.45) is -24.6. The number of imidazole rings is 1. The molecule has 2 aromatic heterocycles.